The molecule has 0 aliphatic carbocycles. The fourth-order valence-corrected chi connectivity index (χ4v) is 2.47. The minimum atomic E-state index is -1.11. The van der Waals surface area contributed by atoms with E-state index in [0.717, 1.165) is 5.56 Å². The maximum Gasteiger partial charge on any atom is 0.312 e. The molecule has 0 aromatic heterocycles. The summed E-state index contributed by atoms with van der Waals surface area (Å²) in [7, 11) is 0. The van der Waals surface area contributed by atoms with Gasteiger partial charge < -0.3 is 9.84 Å². The Bertz CT molecular complexity index is 684. The Balaban J connectivity index is 2.24. The van der Waals surface area contributed by atoms with Gasteiger partial charge in [0, 0.05) is 12.1 Å². The number of nitrogens with zero attached hydrogens (tertiary/aromatic N) is 1. The van der Waals surface area contributed by atoms with Crippen LogP contribution < -0.4 is 0 Å². The largest absolute Gasteiger partial charge is 0.466 e. The van der Waals surface area contributed by atoms with E-state index in [-0.39, 0.29) is 12.3 Å². The van der Waals surface area contributed by atoms with Crippen LogP contribution in [0.1, 0.15) is 24.2 Å². The van der Waals surface area contributed by atoms with E-state index < -0.39 is 22.9 Å². The lowest BCUT2D eigenvalue weighted by molar-refractivity contribution is -0.384. The van der Waals surface area contributed by atoms with Gasteiger partial charge in [-0.25, -0.2) is 0 Å². The predicted molar refractivity (Wildman–Crippen MR) is 88.3 cm³/mol. The van der Waals surface area contributed by atoms with E-state index in [1.807, 2.05) is 30.3 Å². The van der Waals surface area contributed by atoms with Crippen LogP contribution in [0.25, 0.3) is 0 Å². The van der Waals surface area contributed by atoms with Gasteiger partial charge in [0.1, 0.15) is 0 Å². The van der Waals surface area contributed by atoms with Crippen molar-refractivity contribution >= 4 is 11.7 Å². The molecule has 0 aliphatic heterocycles. The molecule has 24 heavy (non-hydrogen) atoms. The molecular formula is C18H19NO5. The summed E-state index contributed by atoms with van der Waals surface area (Å²) in [5.74, 6) is -1.28. The smallest absolute Gasteiger partial charge is 0.312 e. The fraction of sp³-hybridized carbons (Fsp3) is 0.278. The monoisotopic (exact) mass is 329 g/mol. The number of ether oxygens (including phenoxy) is 1. The lowest BCUT2D eigenvalue weighted by Crippen LogP contribution is -2.26. The van der Waals surface area contributed by atoms with Gasteiger partial charge in [0.2, 0.25) is 0 Å². The molecule has 0 bridgehead atoms. The number of hydrogen-bond acceptors (Lipinski definition) is 5. The Morgan fingerprint density at radius 3 is 2.33 bits per heavy atom. The normalized spacial score (nSPS) is 13.1. The van der Waals surface area contributed by atoms with E-state index in [2.05, 4.69) is 0 Å². The van der Waals surface area contributed by atoms with E-state index in [0.29, 0.717) is 12.0 Å². The van der Waals surface area contributed by atoms with Gasteiger partial charge in [-0.15, -0.1) is 0 Å². The van der Waals surface area contributed by atoms with Crippen LogP contribution in [0.15, 0.2) is 54.6 Å². The van der Waals surface area contributed by atoms with Crippen LogP contribution in [0.3, 0.4) is 0 Å². The van der Waals surface area contributed by atoms with Crippen molar-refractivity contribution < 1.29 is 19.6 Å². The number of nitro benzene ring substituents is 1. The lowest BCUT2D eigenvalue weighted by atomic mass is 9.89. The Morgan fingerprint density at radius 1 is 1.17 bits per heavy atom. The maximum absolute atomic E-state index is 12.2. The van der Waals surface area contributed by atoms with E-state index in [9.17, 15) is 20.0 Å². The first kappa shape index (κ1) is 17.6. The molecule has 6 heteroatoms. The topological polar surface area (TPSA) is 89.7 Å². The van der Waals surface area contributed by atoms with Gasteiger partial charge in [0.25, 0.3) is 5.69 Å². The van der Waals surface area contributed by atoms with Crippen molar-refractivity contribution in [3.63, 3.8) is 0 Å². The summed E-state index contributed by atoms with van der Waals surface area (Å²) in [6.45, 7) is 1.92. The number of nitro groups is 1. The van der Waals surface area contributed by atoms with Crippen molar-refractivity contribution in [2.75, 3.05) is 6.61 Å². The Labute approximate surface area is 139 Å². The van der Waals surface area contributed by atoms with Crippen molar-refractivity contribution in [1.29, 1.82) is 0 Å². The summed E-state index contributed by atoms with van der Waals surface area (Å²) < 4.78 is 5.07. The molecule has 0 amide bonds. The SMILES string of the molecule is CCOC(=O)[C@@H](Cc1ccccc1)[C@@H](O)c1ccc([N+](=O)[O-])cc1. The Kier molecular flexibility index (Phi) is 6.03. The summed E-state index contributed by atoms with van der Waals surface area (Å²) >= 11 is 0. The highest BCUT2D eigenvalue weighted by Gasteiger charge is 2.30. The first-order chi connectivity index (χ1) is 11.5. The second-order valence-corrected chi connectivity index (χ2v) is 5.34. The molecule has 0 aliphatic rings. The predicted octanol–water partition coefficient (Wildman–Crippen LogP) is 3.05. The molecule has 0 unspecified atom stereocenters. The zero-order chi connectivity index (χ0) is 17.5. The summed E-state index contributed by atoms with van der Waals surface area (Å²) in [4.78, 5) is 22.5. The van der Waals surface area contributed by atoms with Crippen LogP contribution in [0.4, 0.5) is 5.69 Å². The Hall–Kier alpha value is -2.73. The summed E-state index contributed by atoms with van der Waals surface area (Å²) in [6, 6.07) is 14.9. The number of carbonyl (C=O) groups excluding carboxylic acids is 1. The minimum absolute atomic E-state index is 0.0679. The highest BCUT2D eigenvalue weighted by Crippen LogP contribution is 2.28. The van der Waals surface area contributed by atoms with Crippen molar-refractivity contribution in [2.24, 2.45) is 5.92 Å². The Morgan fingerprint density at radius 2 is 1.79 bits per heavy atom. The summed E-state index contributed by atoms with van der Waals surface area (Å²) in [6.07, 6.45) is -0.789. The van der Waals surface area contributed by atoms with Gasteiger partial charge in [0.15, 0.2) is 0 Å². The molecule has 126 valence electrons. The van der Waals surface area contributed by atoms with Crippen LogP contribution in [0.5, 0.6) is 0 Å². The third-order valence-electron chi connectivity index (χ3n) is 3.71. The van der Waals surface area contributed by atoms with Gasteiger partial charge in [-0.2, -0.15) is 0 Å². The van der Waals surface area contributed by atoms with Crippen LogP contribution >= 0.6 is 0 Å². The van der Waals surface area contributed by atoms with Gasteiger partial charge in [-0.3, -0.25) is 14.9 Å². The number of rotatable bonds is 7. The third-order valence-corrected chi connectivity index (χ3v) is 3.71. The average Bonchev–Trinajstić information content (AvgIpc) is 2.60. The van der Waals surface area contributed by atoms with Crippen LogP contribution in [0, 0.1) is 16.0 Å². The number of aliphatic hydroxyl groups excluding tert-OH is 1. The van der Waals surface area contributed by atoms with Gasteiger partial charge in [-0.1, -0.05) is 30.3 Å². The van der Waals surface area contributed by atoms with Crippen molar-refractivity contribution in [2.45, 2.75) is 19.4 Å². The number of non-ortho nitro benzene ring substituents is 1. The van der Waals surface area contributed by atoms with Crippen molar-refractivity contribution in [1.82, 2.24) is 0 Å². The van der Waals surface area contributed by atoms with Crippen LogP contribution in [0.2, 0.25) is 0 Å². The second kappa shape index (κ2) is 8.21. The average molecular weight is 329 g/mol. The molecule has 0 saturated heterocycles. The first-order valence-electron chi connectivity index (χ1n) is 7.66. The molecular weight excluding hydrogens is 310 g/mol. The molecule has 0 spiro atoms. The zero-order valence-electron chi connectivity index (χ0n) is 13.3. The molecule has 0 fully saturated rings. The standard InChI is InChI=1S/C18H19NO5/c1-2-24-18(21)16(12-13-6-4-3-5-7-13)17(20)14-8-10-15(11-9-14)19(22)23/h3-11,16-17,20H,2,12H2,1H3/t16-,17-/m0/s1. The molecule has 6 nitrogen and oxygen atoms in total. The molecule has 2 aromatic carbocycles. The number of aliphatic hydroxyl groups is 1. The molecule has 0 radical (unpaired) electrons. The number of benzene rings is 2. The van der Waals surface area contributed by atoms with E-state index in [4.69, 9.17) is 4.74 Å². The molecule has 2 rings (SSSR count). The maximum atomic E-state index is 12.2. The minimum Gasteiger partial charge on any atom is -0.466 e. The van der Waals surface area contributed by atoms with Crippen LogP contribution in [-0.2, 0) is 16.0 Å². The van der Waals surface area contributed by atoms with Gasteiger partial charge in [0.05, 0.1) is 23.6 Å². The number of carbonyl (C=O) groups is 1. The molecule has 1 N–H and O–H groups in total. The quantitative estimate of drug-likeness (QED) is 0.479. The van der Waals surface area contributed by atoms with Crippen molar-refractivity contribution in [3.8, 4) is 0 Å². The summed E-state index contributed by atoms with van der Waals surface area (Å²) in [5.41, 5.74) is 1.27. The molecule has 0 saturated carbocycles. The van der Waals surface area contributed by atoms with Crippen LogP contribution in [-0.4, -0.2) is 22.6 Å². The first-order valence-corrected chi connectivity index (χ1v) is 7.66. The zero-order valence-corrected chi connectivity index (χ0v) is 13.3. The molecule has 2 atom stereocenters. The van der Waals surface area contributed by atoms with Crippen molar-refractivity contribution in [3.05, 3.63) is 75.8 Å². The van der Waals surface area contributed by atoms with Gasteiger partial charge in [-0.05, 0) is 36.6 Å². The van der Waals surface area contributed by atoms with E-state index in [1.165, 1.54) is 24.3 Å². The molecule has 2 aromatic rings. The third kappa shape index (κ3) is 4.39. The number of hydrogen-bond donors (Lipinski definition) is 1. The fourth-order valence-electron chi connectivity index (χ4n) is 2.47. The summed E-state index contributed by atoms with van der Waals surface area (Å²) in [5, 5.41) is 21.3. The lowest BCUT2D eigenvalue weighted by Gasteiger charge is -2.21. The molecule has 0 heterocycles. The highest BCUT2D eigenvalue weighted by atomic mass is 16.6. The van der Waals surface area contributed by atoms with Gasteiger partial charge >= 0.3 is 5.97 Å². The highest BCUT2D eigenvalue weighted by molar-refractivity contribution is 5.74. The second-order valence-electron chi connectivity index (χ2n) is 5.34. The van der Waals surface area contributed by atoms with E-state index in [1.54, 1.807) is 6.92 Å². The van der Waals surface area contributed by atoms with E-state index >= 15 is 0 Å². The number of esters is 1.